The summed E-state index contributed by atoms with van der Waals surface area (Å²) in [5.41, 5.74) is 0. The average Bonchev–Trinajstić information content (AvgIpc) is 2.78. The van der Waals surface area contributed by atoms with E-state index in [0.717, 1.165) is 0 Å². The smallest absolute Gasteiger partial charge is 0.452 e. The van der Waals surface area contributed by atoms with Gasteiger partial charge in [0.2, 0.25) is 5.78 Å². The lowest BCUT2D eigenvalue weighted by Crippen LogP contribution is -2.53. The van der Waals surface area contributed by atoms with Gasteiger partial charge < -0.3 is 40.8 Å². The monoisotopic (exact) mass is 588 g/mol. The van der Waals surface area contributed by atoms with Gasteiger partial charge in [-0.2, -0.15) is 0 Å². The molecule has 0 rings (SSSR count). The molecule has 15 heteroatoms. The lowest BCUT2D eigenvalue weighted by Gasteiger charge is -2.35. The highest BCUT2D eigenvalue weighted by atomic mass is 28.5. The zero-order valence-electron chi connectivity index (χ0n) is 23.3. The van der Waals surface area contributed by atoms with Crippen LogP contribution in [0.4, 0.5) is 0 Å². The van der Waals surface area contributed by atoms with Crippen LogP contribution in [-0.2, 0) is 50.4 Å². The van der Waals surface area contributed by atoms with E-state index in [4.69, 9.17) is 40.8 Å². The van der Waals surface area contributed by atoms with Crippen LogP contribution in [0, 0.1) is 0 Å². The normalized spacial score (nSPS) is 15.1. The minimum absolute atomic E-state index is 0.0965. The largest absolute Gasteiger partial charge is 0.468 e. The molecular formula is C21H48O11Si4. The van der Waals surface area contributed by atoms with Gasteiger partial charge in [0.1, 0.15) is 25.6 Å². The van der Waals surface area contributed by atoms with Crippen LogP contribution in [0.1, 0.15) is 13.3 Å². The van der Waals surface area contributed by atoms with Gasteiger partial charge in [0.05, 0.1) is 52.9 Å². The minimum atomic E-state index is -2.67. The van der Waals surface area contributed by atoms with Crippen molar-refractivity contribution in [1.29, 1.82) is 0 Å². The second-order valence-electron chi connectivity index (χ2n) is 8.82. The Bertz CT molecular complexity index is 573. The van der Waals surface area contributed by atoms with Crippen LogP contribution in [0.25, 0.3) is 0 Å². The van der Waals surface area contributed by atoms with Crippen molar-refractivity contribution in [2.75, 3.05) is 66.6 Å². The van der Waals surface area contributed by atoms with E-state index < -0.39 is 54.5 Å². The van der Waals surface area contributed by atoms with Crippen LogP contribution in [0.2, 0.25) is 38.8 Å². The van der Waals surface area contributed by atoms with Gasteiger partial charge in [-0.15, -0.1) is 0 Å². The fraction of sp³-hybridized carbons (Fsp3) is 0.905. The van der Waals surface area contributed by atoms with E-state index >= 15 is 0 Å². The summed E-state index contributed by atoms with van der Waals surface area (Å²) < 4.78 is 50.9. The summed E-state index contributed by atoms with van der Waals surface area (Å²) in [5, 5.41) is 0. The summed E-state index contributed by atoms with van der Waals surface area (Å²) >= 11 is 0. The first-order chi connectivity index (χ1) is 17.1. The number of carbonyl (C=O) groups excluding carboxylic acids is 2. The number of ketones is 1. The third kappa shape index (κ3) is 19.8. The SMILES string of the molecule is COCCOCCOCCOCC(COCCC[Si](O[SiH2]C)(O[SiH2]C)O[Si](C)(C)C)OC(=O)C(C)=O. The molecule has 214 valence electrons. The highest BCUT2D eigenvalue weighted by Crippen LogP contribution is 2.22. The Labute approximate surface area is 223 Å². The molecule has 0 fully saturated rings. The van der Waals surface area contributed by atoms with Crippen LogP contribution in [0.15, 0.2) is 0 Å². The van der Waals surface area contributed by atoms with Gasteiger partial charge in [0, 0.05) is 26.7 Å². The Balaban J connectivity index is 4.47. The third-order valence-corrected chi connectivity index (χ3v) is 14.8. The van der Waals surface area contributed by atoms with E-state index in [2.05, 4.69) is 32.7 Å². The van der Waals surface area contributed by atoms with Crippen molar-refractivity contribution in [3.8, 4) is 0 Å². The molecule has 0 aliphatic heterocycles. The number of ether oxygens (including phenoxy) is 6. The molecule has 0 bridgehead atoms. The first-order valence-electron chi connectivity index (χ1n) is 12.6. The fourth-order valence-electron chi connectivity index (χ4n) is 2.96. The van der Waals surface area contributed by atoms with Crippen molar-refractivity contribution in [3.63, 3.8) is 0 Å². The van der Waals surface area contributed by atoms with E-state index in [1.807, 2.05) is 0 Å². The maximum absolute atomic E-state index is 11.8. The highest BCUT2D eigenvalue weighted by molar-refractivity contribution is 6.82. The van der Waals surface area contributed by atoms with Crippen molar-refractivity contribution < 1.29 is 50.4 Å². The molecule has 1 atom stereocenters. The van der Waals surface area contributed by atoms with E-state index in [9.17, 15) is 9.59 Å². The molecule has 1 unspecified atom stereocenters. The quantitative estimate of drug-likeness (QED) is 0.0648. The second kappa shape index (κ2) is 21.6. The molecule has 11 nitrogen and oxygen atoms in total. The van der Waals surface area contributed by atoms with Gasteiger partial charge in [0.25, 0.3) is 0 Å². The van der Waals surface area contributed by atoms with E-state index in [1.165, 1.54) is 6.92 Å². The first-order valence-corrected chi connectivity index (χ1v) is 21.9. The molecule has 0 aromatic carbocycles. The summed E-state index contributed by atoms with van der Waals surface area (Å²) in [5.74, 6) is -1.58. The predicted octanol–water partition coefficient (Wildman–Crippen LogP) is 0.678. The average molecular weight is 589 g/mol. The topological polar surface area (TPSA) is 117 Å². The standard InChI is InChI=1S/C21H48O11Si4/c1-19(22)21(23)29-20(18-28-15-14-26-13-12-25-11-10-24-2)17-27-9-8-16-36(30-33-3,31-34-4)32-35(5,6)7/h20H,8-18,33-34H2,1-7H3. The van der Waals surface area contributed by atoms with Gasteiger partial charge in [-0.3, -0.25) is 4.79 Å². The molecule has 0 aliphatic rings. The Morgan fingerprint density at radius 1 is 0.778 bits per heavy atom. The van der Waals surface area contributed by atoms with Crippen LogP contribution in [-0.4, -0.2) is 121 Å². The van der Waals surface area contributed by atoms with E-state index in [-0.39, 0.29) is 13.2 Å². The molecule has 0 saturated carbocycles. The zero-order chi connectivity index (χ0) is 27.3. The number of esters is 1. The number of carbonyl (C=O) groups is 2. The summed E-state index contributed by atoms with van der Waals surface area (Å²) in [4.78, 5) is 23.1. The Kier molecular flexibility index (Phi) is 21.4. The molecular weight excluding hydrogens is 541 g/mol. The first kappa shape index (κ1) is 35.7. The van der Waals surface area contributed by atoms with Crippen LogP contribution < -0.4 is 0 Å². The van der Waals surface area contributed by atoms with Gasteiger partial charge in [-0.1, -0.05) is 13.1 Å². The van der Waals surface area contributed by atoms with E-state index in [0.29, 0.717) is 58.7 Å². The molecule has 0 saturated heterocycles. The summed E-state index contributed by atoms with van der Waals surface area (Å²) in [6.07, 6.45) is 0.00575. The van der Waals surface area contributed by atoms with Gasteiger partial charge in [0.15, 0.2) is 8.32 Å². The van der Waals surface area contributed by atoms with Gasteiger partial charge in [-0.25, -0.2) is 4.79 Å². The molecule has 0 aromatic heterocycles. The zero-order valence-corrected chi connectivity index (χ0v) is 28.1. The van der Waals surface area contributed by atoms with Crippen LogP contribution >= 0.6 is 0 Å². The number of hydrogen-bond donors (Lipinski definition) is 0. The molecule has 36 heavy (non-hydrogen) atoms. The number of Topliss-reactive ketones (excluding diaryl/α,β-unsaturated/α-hetero) is 1. The predicted molar refractivity (Wildman–Crippen MR) is 146 cm³/mol. The van der Waals surface area contributed by atoms with Crippen molar-refractivity contribution in [3.05, 3.63) is 0 Å². The number of rotatable bonds is 25. The van der Waals surface area contributed by atoms with Crippen LogP contribution in [0.5, 0.6) is 0 Å². The van der Waals surface area contributed by atoms with Crippen LogP contribution in [0.3, 0.4) is 0 Å². The molecule has 0 N–H and O–H groups in total. The molecule has 0 radical (unpaired) electrons. The Hall–Kier alpha value is -0.312. The maximum atomic E-state index is 11.8. The Morgan fingerprint density at radius 2 is 1.28 bits per heavy atom. The van der Waals surface area contributed by atoms with Crippen molar-refractivity contribution in [1.82, 2.24) is 0 Å². The summed E-state index contributed by atoms with van der Waals surface area (Å²) in [6.45, 7) is 15.1. The summed E-state index contributed by atoms with van der Waals surface area (Å²) in [7, 11) is -4.26. The lowest BCUT2D eigenvalue weighted by atomic mass is 10.4. The minimum Gasteiger partial charge on any atom is -0.452 e. The third-order valence-electron chi connectivity index (χ3n) is 4.31. The second-order valence-corrected chi connectivity index (χ2v) is 19.2. The Morgan fingerprint density at radius 3 is 1.75 bits per heavy atom. The van der Waals surface area contributed by atoms with Gasteiger partial charge in [-0.05, 0) is 26.1 Å². The lowest BCUT2D eigenvalue weighted by molar-refractivity contribution is -0.162. The molecule has 0 heterocycles. The number of hydrogen-bond acceptors (Lipinski definition) is 11. The maximum Gasteiger partial charge on any atom is 0.468 e. The van der Waals surface area contributed by atoms with E-state index in [1.54, 1.807) is 7.11 Å². The highest BCUT2D eigenvalue weighted by Gasteiger charge is 2.42. The molecule has 0 spiro atoms. The van der Waals surface area contributed by atoms with Gasteiger partial charge >= 0.3 is 14.8 Å². The van der Waals surface area contributed by atoms with Crippen molar-refractivity contribution in [2.24, 2.45) is 0 Å². The van der Waals surface area contributed by atoms with Crippen molar-refractivity contribution >= 4 is 48.4 Å². The summed E-state index contributed by atoms with van der Waals surface area (Å²) in [6, 6.07) is 0.694. The fourth-order valence-corrected chi connectivity index (χ4v) is 15.0. The molecule has 0 aromatic rings. The molecule has 0 aliphatic carbocycles. The van der Waals surface area contributed by atoms with Crippen molar-refractivity contribution in [2.45, 2.75) is 58.2 Å². The number of methoxy groups -OCH3 is 1. The molecule has 0 amide bonds.